The zero-order valence-corrected chi connectivity index (χ0v) is 25.0. The largest absolute Gasteiger partial charge is 0.477 e. The van der Waals surface area contributed by atoms with Gasteiger partial charge in [0.25, 0.3) is 0 Å². The Bertz CT molecular complexity index is 1090. The van der Waals surface area contributed by atoms with Crippen molar-refractivity contribution in [3.63, 3.8) is 0 Å². The Morgan fingerprint density at radius 2 is 0.900 bits per heavy atom. The zero-order chi connectivity index (χ0) is 29.1. The predicted molar refractivity (Wildman–Crippen MR) is 161 cm³/mol. The molecule has 6 nitrogen and oxygen atoms in total. The minimum atomic E-state index is -0.727. The van der Waals surface area contributed by atoms with Gasteiger partial charge in [0.05, 0.1) is 12.2 Å². The van der Waals surface area contributed by atoms with Crippen molar-refractivity contribution >= 4 is 33.5 Å². The fourth-order valence-electron chi connectivity index (χ4n) is 4.81. The first-order valence-electron chi connectivity index (χ1n) is 14.9. The van der Waals surface area contributed by atoms with Gasteiger partial charge in [0.2, 0.25) is 0 Å². The van der Waals surface area contributed by atoms with Gasteiger partial charge in [-0.05, 0) is 53.4 Å². The summed E-state index contributed by atoms with van der Waals surface area (Å²) < 4.78 is 24.3. The number of hydrogen-bond acceptors (Lipinski definition) is 6. The summed E-state index contributed by atoms with van der Waals surface area (Å²) in [5, 5.41) is 3.27. The van der Waals surface area contributed by atoms with Crippen molar-refractivity contribution in [2.24, 2.45) is 0 Å². The molecular formula is C34H46O6. The van der Waals surface area contributed by atoms with Gasteiger partial charge in [-0.3, -0.25) is 0 Å². The zero-order valence-electron chi connectivity index (χ0n) is 25.0. The lowest BCUT2D eigenvalue weighted by atomic mass is 10.00. The van der Waals surface area contributed by atoms with Gasteiger partial charge in [-0.1, -0.05) is 88.1 Å². The summed E-state index contributed by atoms with van der Waals surface area (Å²) in [5.41, 5.74) is 0. The van der Waals surface area contributed by atoms with Gasteiger partial charge in [0.1, 0.15) is 11.5 Å². The van der Waals surface area contributed by atoms with Gasteiger partial charge in [-0.2, -0.15) is 0 Å². The van der Waals surface area contributed by atoms with Crippen LogP contribution < -0.4 is 9.47 Å². The fourth-order valence-corrected chi connectivity index (χ4v) is 4.81. The van der Waals surface area contributed by atoms with E-state index in [1.807, 2.05) is 76.2 Å². The van der Waals surface area contributed by atoms with Crippen molar-refractivity contribution in [2.75, 3.05) is 0 Å². The van der Waals surface area contributed by atoms with Crippen LogP contribution in [-0.2, 0) is 19.1 Å². The van der Waals surface area contributed by atoms with Gasteiger partial charge >= 0.3 is 11.9 Å². The van der Waals surface area contributed by atoms with E-state index >= 15 is 0 Å². The summed E-state index contributed by atoms with van der Waals surface area (Å²) in [6.45, 7) is 11.7. The van der Waals surface area contributed by atoms with Gasteiger partial charge in [-0.25, -0.2) is 9.59 Å². The Kier molecular flexibility index (Phi) is 12.1. The molecule has 3 aromatic carbocycles. The molecule has 6 heteroatoms. The van der Waals surface area contributed by atoms with Crippen LogP contribution in [0, 0.1) is 0 Å². The first-order valence-corrected chi connectivity index (χ1v) is 14.9. The fraction of sp³-hybridized carbons (Fsp3) is 0.529. The van der Waals surface area contributed by atoms with Crippen LogP contribution in [0.3, 0.4) is 0 Å². The van der Waals surface area contributed by atoms with Crippen LogP contribution in [0.4, 0.5) is 0 Å². The number of unbranched alkanes of at least 4 members (excludes halogenated alkanes) is 4. The highest BCUT2D eigenvalue weighted by molar-refractivity contribution is 6.11. The van der Waals surface area contributed by atoms with Crippen molar-refractivity contribution in [3.8, 4) is 11.5 Å². The Morgan fingerprint density at radius 3 is 1.18 bits per heavy atom. The molecular weight excluding hydrogens is 504 g/mol. The van der Waals surface area contributed by atoms with E-state index in [2.05, 4.69) is 13.8 Å². The lowest BCUT2D eigenvalue weighted by Gasteiger charge is -2.25. The predicted octanol–water partition coefficient (Wildman–Crippen LogP) is 8.55. The highest BCUT2D eigenvalue weighted by atomic mass is 16.6. The second-order valence-corrected chi connectivity index (χ2v) is 10.9. The number of fused-ring (bicyclic) bond motifs is 2. The molecule has 0 N–H and O–H groups in total. The minimum Gasteiger partial charge on any atom is -0.477 e. The molecule has 0 radical (unpaired) electrons. The third-order valence-electron chi connectivity index (χ3n) is 6.72. The Balaban J connectivity index is 2.11. The summed E-state index contributed by atoms with van der Waals surface area (Å²) in [6.07, 6.45) is 5.06. The van der Waals surface area contributed by atoms with Gasteiger partial charge < -0.3 is 18.9 Å². The molecule has 0 heterocycles. The average Bonchev–Trinajstić information content (AvgIpc) is 2.92. The molecule has 0 fully saturated rings. The average molecular weight is 551 g/mol. The van der Waals surface area contributed by atoms with Crippen molar-refractivity contribution < 1.29 is 28.5 Å². The molecule has 0 aromatic heterocycles. The van der Waals surface area contributed by atoms with Crippen molar-refractivity contribution in [1.82, 2.24) is 0 Å². The molecule has 2 unspecified atom stereocenters. The summed E-state index contributed by atoms with van der Waals surface area (Å²) in [6, 6.07) is 15.7. The standard InChI is InChI=1S/C34H46O6/c1-7-9-11-21-29(33(35)37-23(3)4)39-31-25-17-13-15-19-27(25)32(28-20-16-14-18-26(28)31)40-30(22-12-10-8-2)34(36)38-24(5)6/h13-20,23-24,29-30H,7-12,21-22H2,1-6H3. The highest BCUT2D eigenvalue weighted by Crippen LogP contribution is 2.44. The van der Waals surface area contributed by atoms with Crippen LogP contribution >= 0.6 is 0 Å². The molecule has 40 heavy (non-hydrogen) atoms. The van der Waals surface area contributed by atoms with Crippen LogP contribution in [0.15, 0.2) is 48.5 Å². The maximum absolute atomic E-state index is 13.1. The first-order chi connectivity index (χ1) is 19.3. The number of rotatable bonds is 16. The molecule has 0 amide bonds. The van der Waals surface area contributed by atoms with Crippen LogP contribution in [-0.4, -0.2) is 36.4 Å². The van der Waals surface area contributed by atoms with E-state index in [4.69, 9.17) is 18.9 Å². The van der Waals surface area contributed by atoms with E-state index in [9.17, 15) is 9.59 Å². The Labute approximate surface area is 239 Å². The molecule has 2 atom stereocenters. The number of benzene rings is 3. The molecule has 0 aliphatic heterocycles. The Morgan fingerprint density at radius 1 is 0.575 bits per heavy atom. The molecule has 0 saturated heterocycles. The van der Waals surface area contributed by atoms with E-state index in [0.717, 1.165) is 60.1 Å². The van der Waals surface area contributed by atoms with Gasteiger partial charge in [0, 0.05) is 21.5 Å². The van der Waals surface area contributed by atoms with Crippen LogP contribution in [0.1, 0.15) is 92.9 Å². The van der Waals surface area contributed by atoms with E-state index in [0.29, 0.717) is 24.3 Å². The molecule has 0 saturated carbocycles. The normalized spacial score (nSPS) is 13.0. The smallest absolute Gasteiger partial charge is 0.347 e. The number of esters is 2. The van der Waals surface area contributed by atoms with E-state index in [1.54, 1.807) is 0 Å². The summed E-state index contributed by atoms with van der Waals surface area (Å²) in [4.78, 5) is 26.2. The second kappa shape index (κ2) is 15.5. The molecule has 0 aliphatic carbocycles. The number of hydrogen-bond donors (Lipinski definition) is 0. The van der Waals surface area contributed by atoms with E-state index in [-0.39, 0.29) is 24.1 Å². The topological polar surface area (TPSA) is 71.1 Å². The van der Waals surface area contributed by atoms with Gasteiger partial charge in [-0.15, -0.1) is 0 Å². The second-order valence-electron chi connectivity index (χ2n) is 10.9. The summed E-state index contributed by atoms with van der Waals surface area (Å²) in [5.74, 6) is 0.528. The summed E-state index contributed by atoms with van der Waals surface area (Å²) in [7, 11) is 0. The number of ether oxygens (including phenoxy) is 4. The van der Waals surface area contributed by atoms with Crippen molar-refractivity contribution in [1.29, 1.82) is 0 Å². The molecule has 0 spiro atoms. The number of carbonyl (C=O) groups is 2. The quantitative estimate of drug-likeness (QED) is 0.101. The number of carbonyl (C=O) groups excluding carboxylic acids is 2. The third kappa shape index (κ3) is 8.36. The van der Waals surface area contributed by atoms with E-state index in [1.165, 1.54) is 0 Å². The molecule has 3 aromatic rings. The van der Waals surface area contributed by atoms with Crippen molar-refractivity contribution in [2.45, 2.75) is 117 Å². The van der Waals surface area contributed by atoms with Crippen LogP contribution in [0.2, 0.25) is 0 Å². The molecule has 0 bridgehead atoms. The minimum absolute atomic E-state index is 0.232. The Hall–Kier alpha value is -3.28. The lowest BCUT2D eigenvalue weighted by Crippen LogP contribution is -2.32. The highest BCUT2D eigenvalue weighted by Gasteiger charge is 2.28. The van der Waals surface area contributed by atoms with Crippen LogP contribution in [0.25, 0.3) is 21.5 Å². The maximum Gasteiger partial charge on any atom is 0.347 e. The summed E-state index contributed by atoms with van der Waals surface area (Å²) >= 11 is 0. The van der Waals surface area contributed by atoms with Crippen LogP contribution in [0.5, 0.6) is 11.5 Å². The molecule has 218 valence electrons. The SMILES string of the molecule is CCCCCC(Oc1c2ccccc2c(OC(CCCCC)C(=O)OC(C)C)c2ccccc12)C(=O)OC(C)C. The maximum atomic E-state index is 13.1. The van der Waals surface area contributed by atoms with Crippen molar-refractivity contribution in [3.05, 3.63) is 48.5 Å². The monoisotopic (exact) mass is 550 g/mol. The van der Waals surface area contributed by atoms with E-state index < -0.39 is 12.2 Å². The van der Waals surface area contributed by atoms with Gasteiger partial charge in [0.15, 0.2) is 12.2 Å². The molecule has 0 aliphatic rings. The lowest BCUT2D eigenvalue weighted by molar-refractivity contribution is -0.157. The first kappa shape index (κ1) is 31.3. The molecule has 3 rings (SSSR count). The third-order valence-corrected chi connectivity index (χ3v) is 6.72.